The second-order valence-corrected chi connectivity index (χ2v) is 4.73. The second kappa shape index (κ2) is 11.1. The maximum atomic E-state index is 5.99. The van der Waals surface area contributed by atoms with E-state index in [0.29, 0.717) is 11.6 Å². The quantitative estimate of drug-likeness (QED) is 0.531. The molecule has 0 N–H and O–H groups in total. The van der Waals surface area contributed by atoms with Crippen LogP contribution in [0, 0.1) is 0 Å². The minimum absolute atomic E-state index is 0.202. The van der Waals surface area contributed by atoms with Crippen LogP contribution in [0.15, 0.2) is 73.3 Å². The average Bonchev–Trinajstić information content (AvgIpc) is 2.65. The molecule has 3 rings (SSSR count). The van der Waals surface area contributed by atoms with Gasteiger partial charge >= 0.3 is 0 Å². The van der Waals surface area contributed by atoms with Crippen molar-refractivity contribution in [2.45, 2.75) is 20.8 Å². The number of rotatable bonds is 2. The Bertz CT molecular complexity index is 671. The number of aromatic nitrogens is 3. The summed E-state index contributed by atoms with van der Waals surface area (Å²) >= 11 is 5.99. The Morgan fingerprint density at radius 1 is 0.750 bits per heavy atom. The van der Waals surface area contributed by atoms with Gasteiger partial charge in [0.05, 0.1) is 0 Å². The van der Waals surface area contributed by atoms with Gasteiger partial charge in [0.2, 0.25) is 5.28 Å². The van der Waals surface area contributed by atoms with Crippen LogP contribution in [0.3, 0.4) is 0 Å². The zero-order valence-corrected chi connectivity index (χ0v) is 15.0. The van der Waals surface area contributed by atoms with Gasteiger partial charge in [-0.3, -0.25) is 0 Å². The normalized spacial score (nSPS) is 9.00. The monoisotopic (exact) mass is 339 g/mol. The fraction of sp³-hybridized carbons (Fsp3) is 0.150. The minimum Gasteiger partial charge on any atom is -0.208 e. The van der Waals surface area contributed by atoms with E-state index in [1.807, 2.05) is 81.4 Å². The van der Waals surface area contributed by atoms with E-state index in [2.05, 4.69) is 21.5 Å². The molecule has 4 heteroatoms. The molecule has 3 aromatic rings. The molecule has 3 nitrogen and oxygen atoms in total. The van der Waals surface area contributed by atoms with Gasteiger partial charge < -0.3 is 0 Å². The lowest BCUT2D eigenvalue weighted by Gasteiger charge is -2.04. The first-order chi connectivity index (χ1) is 11.7. The van der Waals surface area contributed by atoms with Gasteiger partial charge in [-0.05, 0) is 18.5 Å². The molecule has 1 aromatic heterocycles. The van der Waals surface area contributed by atoms with Crippen LogP contribution in [-0.4, -0.2) is 15.0 Å². The number of nitrogens with zero attached hydrogens (tertiary/aromatic N) is 3. The van der Waals surface area contributed by atoms with Gasteiger partial charge in [-0.25, -0.2) is 4.98 Å². The van der Waals surface area contributed by atoms with E-state index >= 15 is 0 Å². The van der Waals surface area contributed by atoms with Crippen molar-refractivity contribution in [1.82, 2.24) is 15.0 Å². The number of hydrogen-bond acceptors (Lipinski definition) is 3. The van der Waals surface area contributed by atoms with Gasteiger partial charge in [0.15, 0.2) is 11.6 Å². The molecule has 0 aliphatic heterocycles. The van der Waals surface area contributed by atoms with Crippen molar-refractivity contribution in [3.63, 3.8) is 0 Å². The molecule has 0 bridgehead atoms. The largest absolute Gasteiger partial charge is 0.226 e. The molecule has 0 spiro atoms. The van der Waals surface area contributed by atoms with E-state index in [-0.39, 0.29) is 5.28 Å². The van der Waals surface area contributed by atoms with Gasteiger partial charge in [-0.15, -0.1) is 6.58 Å². The predicted octanol–water partition coefficient (Wildman–Crippen LogP) is 6.08. The molecule has 0 saturated heterocycles. The van der Waals surface area contributed by atoms with E-state index < -0.39 is 0 Å². The third-order valence-corrected chi connectivity index (χ3v) is 2.84. The maximum absolute atomic E-state index is 5.99. The van der Waals surface area contributed by atoms with Crippen molar-refractivity contribution in [2.24, 2.45) is 0 Å². The molecule has 0 amide bonds. The van der Waals surface area contributed by atoms with Gasteiger partial charge in [-0.1, -0.05) is 80.6 Å². The molecule has 0 unspecified atom stereocenters. The van der Waals surface area contributed by atoms with Crippen LogP contribution in [0.5, 0.6) is 0 Å². The first-order valence-corrected chi connectivity index (χ1v) is 8.22. The van der Waals surface area contributed by atoms with Gasteiger partial charge in [0.25, 0.3) is 0 Å². The molecule has 0 saturated carbocycles. The zero-order chi connectivity index (χ0) is 17.8. The smallest absolute Gasteiger partial charge is 0.208 e. The number of allylic oxidation sites excluding steroid dienone is 1. The highest BCUT2D eigenvalue weighted by atomic mass is 35.5. The topological polar surface area (TPSA) is 38.7 Å². The van der Waals surface area contributed by atoms with Crippen LogP contribution in [0.2, 0.25) is 5.28 Å². The van der Waals surface area contributed by atoms with Crippen LogP contribution < -0.4 is 0 Å². The Balaban J connectivity index is 0.000000521. The van der Waals surface area contributed by atoms with E-state index in [9.17, 15) is 0 Å². The summed E-state index contributed by atoms with van der Waals surface area (Å²) in [6, 6.07) is 19.4. The highest BCUT2D eigenvalue weighted by molar-refractivity contribution is 6.28. The molecule has 0 aliphatic carbocycles. The van der Waals surface area contributed by atoms with Crippen molar-refractivity contribution >= 4 is 11.6 Å². The molecule has 0 atom stereocenters. The van der Waals surface area contributed by atoms with Crippen LogP contribution in [0.4, 0.5) is 0 Å². The summed E-state index contributed by atoms with van der Waals surface area (Å²) in [6.45, 7) is 9.25. The molecule has 0 radical (unpaired) electrons. The van der Waals surface area contributed by atoms with E-state index in [4.69, 9.17) is 11.6 Å². The Morgan fingerprint density at radius 3 is 1.42 bits per heavy atom. The Labute approximate surface area is 149 Å². The van der Waals surface area contributed by atoms with Crippen LogP contribution in [0.1, 0.15) is 20.8 Å². The molecule has 0 fully saturated rings. The van der Waals surface area contributed by atoms with Crippen LogP contribution in [-0.2, 0) is 0 Å². The molecule has 1 heterocycles. The van der Waals surface area contributed by atoms with Crippen molar-refractivity contribution in [3.05, 3.63) is 78.6 Å². The Morgan fingerprint density at radius 2 is 1.08 bits per heavy atom. The molecule has 24 heavy (non-hydrogen) atoms. The predicted molar refractivity (Wildman–Crippen MR) is 103 cm³/mol. The van der Waals surface area contributed by atoms with Crippen molar-refractivity contribution in [1.29, 1.82) is 0 Å². The third kappa shape index (κ3) is 5.94. The lowest BCUT2D eigenvalue weighted by atomic mass is 10.2. The van der Waals surface area contributed by atoms with Crippen molar-refractivity contribution in [3.8, 4) is 22.8 Å². The summed E-state index contributed by atoms with van der Waals surface area (Å²) in [7, 11) is 0. The molecule has 124 valence electrons. The molecular weight excluding hydrogens is 318 g/mol. The van der Waals surface area contributed by atoms with Gasteiger partial charge in [0.1, 0.15) is 0 Å². The zero-order valence-electron chi connectivity index (χ0n) is 14.3. The number of hydrogen-bond donors (Lipinski definition) is 0. The summed E-state index contributed by atoms with van der Waals surface area (Å²) in [5.74, 6) is 1.17. The van der Waals surface area contributed by atoms with E-state index in [0.717, 1.165) is 11.1 Å². The summed E-state index contributed by atoms with van der Waals surface area (Å²) in [5, 5.41) is 0.202. The molecule has 2 aromatic carbocycles. The minimum atomic E-state index is 0.202. The average molecular weight is 340 g/mol. The fourth-order valence-corrected chi connectivity index (χ4v) is 1.94. The highest BCUT2D eigenvalue weighted by Gasteiger charge is 2.08. The summed E-state index contributed by atoms with van der Waals surface area (Å²) in [5.41, 5.74) is 1.84. The maximum Gasteiger partial charge on any atom is 0.226 e. The van der Waals surface area contributed by atoms with Crippen LogP contribution in [0.25, 0.3) is 22.8 Å². The third-order valence-electron chi connectivity index (χ3n) is 2.67. The summed E-state index contributed by atoms with van der Waals surface area (Å²) < 4.78 is 0. The number of halogens is 1. The summed E-state index contributed by atoms with van der Waals surface area (Å²) in [6.07, 6.45) is 1.75. The second-order valence-electron chi connectivity index (χ2n) is 4.39. The van der Waals surface area contributed by atoms with E-state index in [1.54, 1.807) is 6.08 Å². The van der Waals surface area contributed by atoms with E-state index in [1.165, 1.54) is 0 Å². The fourth-order valence-electron chi connectivity index (χ4n) is 1.78. The SMILES string of the molecule is C=CC.CC.Clc1nc(-c2ccccc2)nc(-c2ccccc2)n1. The Kier molecular flexibility index (Phi) is 9.02. The van der Waals surface area contributed by atoms with Crippen LogP contribution >= 0.6 is 11.6 Å². The Hall–Kier alpha value is -2.52. The first kappa shape index (κ1) is 19.5. The first-order valence-electron chi connectivity index (χ1n) is 7.84. The molecular formula is C20H22ClN3. The van der Waals surface area contributed by atoms with Crippen molar-refractivity contribution in [2.75, 3.05) is 0 Å². The summed E-state index contributed by atoms with van der Waals surface area (Å²) in [4.78, 5) is 12.8. The number of benzene rings is 2. The molecule has 0 aliphatic rings. The lowest BCUT2D eigenvalue weighted by Crippen LogP contribution is -1.96. The van der Waals surface area contributed by atoms with Gasteiger partial charge in [0, 0.05) is 11.1 Å². The highest BCUT2D eigenvalue weighted by Crippen LogP contribution is 2.21. The van der Waals surface area contributed by atoms with Crippen molar-refractivity contribution < 1.29 is 0 Å². The lowest BCUT2D eigenvalue weighted by molar-refractivity contribution is 1.07. The standard InChI is InChI=1S/C15H10ClN3.C3H6.C2H6/c16-15-18-13(11-7-3-1-4-8-11)17-14(19-15)12-9-5-2-6-10-12;1-3-2;1-2/h1-10H;3H,1H2,2H3;1-2H3. The van der Waals surface area contributed by atoms with Gasteiger partial charge in [-0.2, -0.15) is 9.97 Å².